The first-order valence-electron chi connectivity index (χ1n) is 11.1. The number of aromatic nitrogens is 1. The lowest BCUT2D eigenvalue weighted by molar-refractivity contribution is 0.0706. The Kier molecular flexibility index (Phi) is 6.86. The van der Waals surface area contributed by atoms with Crippen LogP contribution < -0.4 is 10.8 Å². The average molecular weight is 442 g/mol. The van der Waals surface area contributed by atoms with E-state index in [9.17, 15) is 9.59 Å². The molecule has 6 nitrogen and oxygen atoms in total. The minimum Gasteiger partial charge on any atom is -0.345 e. The highest BCUT2D eigenvalue weighted by Gasteiger charge is 2.19. The molecule has 0 bridgehead atoms. The topological polar surface area (TPSA) is 83.4 Å². The van der Waals surface area contributed by atoms with Crippen LogP contribution in [0.5, 0.6) is 0 Å². The van der Waals surface area contributed by atoms with Gasteiger partial charge in [0, 0.05) is 29.2 Å². The second-order valence-electron chi connectivity index (χ2n) is 8.05. The van der Waals surface area contributed by atoms with E-state index in [1.165, 1.54) is 0 Å². The number of benzene rings is 3. The smallest absolute Gasteiger partial charge is 0.274 e. The Hall–Kier alpha value is -3.90. The van der Waals surface area contributed by atoms with Crippen molar-refractivity contribution in [1.29, 1.82) is 0 Å². The van der Waals surface area contributed by atoms with Crippen molar-refractivity contribution < 1.29 is 14.8 Å². The van der Waals surface area contributed by atoms with Crippen LogP contribution in [0.2, 0.25) is 0 Å². The van der Waals surface area contributed by atoms with E-state index in [0.717, 1.165) is 34.9 Å². The zero-order chi connectivity index (χ0) is 23.2. The van der Waals surface area contributed by atoms with Gasteiger partial charge in [0.2, 0.25) is 0 Å². The lowest BCUT2D eigenvalue weighted by Crippen LogP contribution is -2.28. The standard InChI is InChI=1S/C27H27N3O3/c1-2-8-24(20-9-4-3-5-10-20)28-27(32)23-18-30(25-12-7-6-11-22(23)25)17-19-13-15-21(16-14-19)26(31)29-33/h3-7,9-16,18,24,33H,2,8,17H2,1H3,(H,28,32)(H,29,31). The number of nitrogens with zero attached hydrogens (tertiary/aromatic N) is 1. The monoisotopic (exact) mass is 441 g/mol. The van der Waals surface area contributed by atoms with Gasteiger partial charge in [-0.1, -0.05) is 74.0 Å². The minimum atomic E-state index is -0.549. The summed E-state index contributed by atoms with van der Waals surface area (Å²) in [5.41, 5.74) is 5.69. The summed E-state index contributed by atoms with van der Waals surface area (Å²) >= 11 is 0. The molecule has 4 rings (SSSR count). The molecule has 1 aromatic heterocycles. The van der Waals surface area contributed by atoms with E-state index in [4.69, 9.17) is 5.21 Å². The maximum atomic E-state index is 13.3. The van der Waals surface area contributed by atoms with Crippen LogP contribution in [0.4, 0.5) is 0 Å². The predicted octanol–water partition coefficient (Wildman–Crippen LogP) is 5.08. The fourth-order valence-corrected chi connectivity index (χ4v) is 4.11. The predicted molar refractivity (Wildman–Crippen MR) is 128 cm³/mol. The van der Waals surface area contributed by atoms with E-state index in [0.29, 0.717) is 17.7 Å². The Morgan fingerprint density at radius 1 is 0.909 bits per heavy atom. The number of carbonyl (C=O) groups is 2. The van der Waals surface area contributed by atoms with Gasteiger partial charge < -0.3 is 9.88 Å². The van der Waals surface area contributed by atoms with Crippen LogP contribution in [0.15, 0.2) is 85.1 Å². The van der Waals surface area contributed by atoms with E-state index in [1.807, 2.05) is 77.5 Å². The average Bonchev–Trinajstić information content (AvgIpc) is 3.23. The van der Waals surface area contributed by atoms with E-state index >= 15 is 0 Å². The molecule has 4 aromatic rings. The normalized spacial score (nSPS) is 11.8. The van der Waals surface area contributed by atoms with Crippen LogP contribution in [0.1, 0.15) is 57.7 Å². The fraction of sp³-hybridized carbons (Fsp3) is 0.185. The maximum Gasteiger partial charge on any atom is 0.274 e. The summed E-state index contributed by atoms with van der Waals surface area (Å²) in [4.78, 5) is 24.9. The molecule has 0 radical (unpaired) electrons. The number of hydroxylamine groups is 1. The summed E-state index contributed by atoms with van der Waals surface area (Å²) in [6.45, 7) is 2.66. The molecule has 0 aliphatic heterocycles. The highest BCUT2D eigenvalue weighted by atomic mass is 16.5. The Morgan fingerprint density at radius 2 is 1.61 bits per heavy atom. The molecule has 0 spiro atoms. The van der Waals surface area contributed by atoms with Crippen LogP contribution in [-0.2, 0) is 6.54 Å². The number of carbonyl (C=O) groups excluding carboxylic acids is 2. The molecule has 0 fully saturated rings. The molecule has 2 amide bonds. The summed E-state index contributed by atoms with van der Waals surface area (Å²) in [7, 11) is 0. The van der Waals surface area contributed by atoms with Gasteiger partial charge in [0.1, 0.15) is 0 Å². The summed E-state index contributed by atoms with van der Waals surface area (Å²) in [6.07, 6.45) is 3.72. The molecule has 1 unspecified atom stereocenters. The quantitative estimate of drug-likeness (QED) is 0.263. The maximum absolute atomic E-state index is 13.3. The zero-order valence-electron chi connectivity index (χ0n) is 18.5. The van der Waals surface area contributed by atoms with Crippen molar-refractivity contribution in [2.24, 2.45) is 0 Å². The van der Waals surface area contributed by atoms with E-state index in [-0.39, 0.29) is 11.9 Å². The number of amides is 2. The second kappa shape index (κ2) is 10.1. The number of nitrogens with one attached hydrogen (secondary N) is 2. The van der Waals surface area contributed by atoms with Crippen molar-refractivity contribution in [2.75, 3.05) is 0 Å². The van der Waals surface area contributed by atoms with Crippen LogP contribution in [-0.4, -0.2) is 21.6 Å². The van der Waals surface area contributed by atoms with Crippen molar-refractivity contribution in [3.63, 3.8) is 0 Å². The van der Waals surface area contributed by atoms with Gasteiger partial charge in [0.25, 0.3) is 11.8 Å². The molecule has 168 valence electrons. The molecule has 0 saturated heterocycles. The van der Waals surface area contributed by atoms with Gasteiger partial charge in [-0.15, -0.1) is 0 Å². The Labute approximate surface area is 192 Å². The molecule has 1 heterocycles. The SMILES string of the molecule is CCCC(NC(=O)c1cn(Cc2ccc(C(=O)NO)cc2)c2ccccc12)c1ccccc1. The molecule has 0 aliphatic carbocycles. The minimum absolute atomic E-state index is 0.0453. The van der Waals surface area contributed by atoms with Crippen molar-refractivity contribution in [2.45, 2.75) is 32.4 Å². The second-order valence-corrected chi connectivity index (χ2v) is 8.05. The van der Waals surface area contributed by atoms with Gasteiger partial charge in [-0.05, 0) is 35.7 Å². The first-order chi connectivity index (χ1) is 16.1. The lowest BCUT2D eigenvalue weighted by atomic mass is 10.0. The molecule has 0 saturated carbocycles. The summed E-state index contributed by atoms with van der Waals surface area (Å²) in [6, 6.07) is 24.9. The molecule has 3 aromatic carbocycles. The Morgan fingerprint density at radius 3 is 2.30 bits per heavy atom. The molecular weight excluding hydrogens is 414 g/mol. The third-order valence-corrected chi connectivity index (χ3v) is 5.79. The molecule has 33 heavy (non-hydrogen) atoms. The van der Waals surface area contributed by atoms with E-state index in [1.54, 1.807) is 17.6 Å². The summed E-state index contributed by atoms with van der Waals surface area (Å²) < 4.78 is 2.04. The van der Waals surface area contributed by atoms with E-state index < -0.39 is 5.91 Å². The van der Waals surface area contributed by atoms with Gasteiger partial charge in [0.15, 0.2) is 0 Å². The van der Waals surface area contributed by atoms with E-state index in [2.05, 4.69) is 12.2 Å². The number of fused-ring (bicyclic) bond motifs is 1. The third-order valence-electron chi connectivity index (χ3n) is 5.79. The van der Waals surface area contributed by atoms with Crippen molar-refractivity contribution in [3.05, 3.63) is 107 Å². The highest BCUT2D eigenvalue weighted by molar-refractivity contribution is 6.07. The molecular formula is C27H27N3O3. The number of para-hydroxylation sites is 1. The van der Waals surface area contributed by atoms with Gasteiger partial charge in [-0.2, -0.15) is 0 Å². The van der Waals surface area contributed by atoms with Gasteiger partial charge in [-0.25, -0.2) is 5.48 Å². The number of hydrogen-bond acceptors (Lipinski definition) is 3. The number of rotatable bonds is 8. The highest BCUT2D eigenvalue weighted by Crippen LogP contribution is 2.25. The fourth-order valence-electron chi connectivity index (χ4n) is 4.11. The first-order valence-corrected chi connectivity index (χ1v) is 11.1. The molecule has 3 N–H and O–H groups in total. The van der Waals surface area contributed by atoms with Crippen molar-refractivity contribution in [1.82, 2.24) is 15.4 Å². The van der Waals surface area contributed by atoms with Crippen LogP contribution >= 0.6 is 0 Å². The van der Waals surface area contributed by atoms with Crippen LogP contribution in [0.25, 0.3) is 10.9 Å². The molecule has 1 atom stereocenters. The van der Waals surface area contributed by atoms with Crippen LogP contribution in [0, 0.1) is 0 Å². The van der Waals surface area contributed by atoms with Crippen molar-refractivity contribution >= 4 is 22.7 Å². The zero-order valence-corrected chi connectivity index (χ0v) is 18.5. The first kappa shape index (κ1) is 22.3. The lowest BCUT2D eigenvalue weighted by Gasteiger charge is -2.18. The largest absolute Gasteiger partial charge is 0.345 e. The Bertz CT molecular complexity index is 1250. The van der Waals surface area contributed by atoms with Gasteiger partial charge in [-0.3, -0.25) is 14.8 Å². The summed E-state index contributed by atoms with van der Waals surface area (Å²) in [5.74, 6) is -0.644. The number of hydrogen-bond donors (Lipinski definition) is 3. The summed E-state index contributed by atoms with van der Waals surface area (Å²) in [5, 5.41) is 12.9. The van der Waals surface area contributed by atoms with Crippen molar-refractivity contribution in [3.8, 4) is 0 Å². The molecule has 6 heteroatoms. The van der Waals surface area contributed by atoms with Gasteiger partial charge >= 0.3 is 0 Å². The Balaban J connectivity index is 1.61. The third kappa shape index (κ3) is 4.96. The molecule has 0 aliphatic rings. The van der Waals surface area contributed by atoms with Gasteiger partial charge in [0.05, 0.1) is 11.6 Å². The van der Waals surface area contributed by atoms with Crippen LogP contribution in [0.3, 0.4) is 0 Å².